The molecule has 2 aromatic carbocycles. The first kappa shape index (κ1) is 15.3. The van der Waals surface area contributed by atoms with Crippen LogP contribution < -0.4 is 56.3 Å². The predicted octanol–water partition coefficient (Wildman–Crippen LogP) is 0.314. The second kappa shape index (κ2) is 5.75. The summed E-state index contributed by atoms with van der Waals surface area (Å²) >= 11 is 0. The molecular formula is C14H8FKN2O2. The Bertz CT molecular complexity index is 718. The van der Waals surface area contributed by atoms with Gasteiger partial charge < -0.3 is 5.73 Å². The molecule has 0 spiro atoms. The Morgan fingerprint density at radius 3 is 2.35 bits per heavy atom. The minimum Gasteiger partial charge on any atom is -0.699 e. The average Bonchev–Trinajstić information content (AvgIpc) is 2.61. The largest absolute Gasteiger partial charge is 1.00 e. The van der Waals surface area contributed by atoms with Gasteiger partial charge in [0.1, 0.15) is 5.82 Å². The molecule has 1 aliphatic heterocycles. The Labute approximate surface area is 157 Å². The van der Waals surface area contributed by atoms with Gasteiger partial charge in [-0.3, -0.25) is 9.59 Å². The molecule has 0 radical (unpaired) electrons. The van der Waals surface area contributed by atoms with Crippen LogP contribution in [0.1, 0.15) is 20.7 Å². The molecule has 6 heteroatoms. The predicted molar refractivity (Wildman–Crippen MR) is 68.0 cm³/mol. The quantitative estimate of drug-likeness (QED) is 0.561. The van der Waals surface area contributed by atoms with Crippen LogP contribution in [-0.2, 0) is 0 Å². The van der Waals surface area contributed by atoms with E-state index in [1.54, 1.807) is 0 Å². The van der Waals surface area contributed by atoms with Gasteiger partial charge in [0.2, 0.25) is 0 Å². The molecule has 2 aromatic rings. The number of nitrogens with one attached hydrogen (secondary N) is 1. The third-order valence-corrected chi connectivity index (χ3v) is 2.95. The molecule has 0 fully saturated rings. The molecule has 0 saturated carbocycles. The van der Waals surface area contributed by atoms with E-state index in [9.17, 15) is 14.0 Å². The van der Waals surface area contributed by atoms with E-state index in [1.165, 1.54) is 36.4 Å². The van der Waals surface area contributed by atoms with Crippen molar-refractivity contribution in [2.45, 2.75) is 0 Å². The van der Waals surface area contributed by atoms with Crippen LogP contribution in [0.2, 0.25) is 0 Å². The van der Waals surface area contributed by atoms with Gasteiger partial charge in [-0.05, 0) is 24.3 Å². The van der Waals surface area contributed by atoms with Crippen molar-refractivity contribution in [3.8, 4) is 0 Å². The molecule has 0 atom stereocenters. The Balaban J connectivity index is 0.00000147. The fourth-order valence-electron chi connectivity index (χ4n) is 2.09. The fraction of sp³-hybridized carbons (Fsp3) is 0. The molecule has 3 rings (SSSR count). The summed E-state index contributed by atoms with van der Waals surface area (Å²) in [6.45, 7) is 0. The van der Waals surface area contributed by atoms with Crippen molar-refractivity contribution < 1.29 is 65.4 Å². The van der Waals surface area contributed by atoms with Crippen LogP contribution in [0.4, 0.5) is 15.8 Å². The number of benzene rings is 2. The van der Waals surface area contributed by atoms with Gasteiger partial charge in [0.05, 0.1) is 16.8 Å². The maximum atomic E-state index is 13.2. The van der Waals surface area contributed by atoms with Gasteiger partial charge in [-0.2, -0.15) is 0 Å². The first-order chi connectivity index (χ1) is 9.08. The number of hydrogen-bond donors (Lipinski definition) is 0. The standard InChI is InChI=1S/C14H9FN2O2.K/c15-8-2-1-3-10(6-8)17-13(18)11-5-4-9(16)7-12(11)14(17)19;/h1-7H,(H2,16,18);/q;+1/p-1. The van der Waals surface area contributed by atoms with Gasteiger partial charge in [0.15, 0.2) is 0 Å². The summed E-state index contributed by atoms with van der Waals surface area (Å²) in [4.78, 5) is 25.2. The van der Waals surface area contributed by atoms with Crippen LogP contribution in [0, 0.1) is 5.82 Å². The zero-order valence-electron chi connectivity index (χ0n) is 10.7. The van der Waals surface area contributed by atoms with E-state index < -0.39 is 17.6 Å². The second-order valence-corrected chi connectivity index (χ2v) is 4.19. The average molecular weight is 294 g/mol. The van der Waals surface area contributed by atoms with E-state index in [-0.39, 0.29) is 73.9 Å². The van der Waals surface area contributed by atoms with Gasteiger partial charge in [0.25, 0.3) is 11.8 Å². The molecule has 0 aliphatic carbocycles. The van der Waals surface area contributed by atoms with E-state index in [0.717, 1.165) is 11.0 Å². The molecule has 4 nitrogen and oxygen atoms in total. The molecule has 0 aromatic heterocycles. The number of amides is 2. The molecule has 0 unspecified atom stereocenters. The minimum atomic E-state index is -0.528. The maximum absolute atomic E-state index is 13.2. The number of halogens is 1. The zero-order valence-corrected chi connectivity index (χ0v) is 13.8. The van der Waals surface area contributed by atoms with Crippen LogP contribution >= 0.6 is 0 Å². The summed E-state index contributed by atoms with van der Waals surface area (Å²) in [6.07, 6.45) is 0. The number of imide groups is 1. The van der Waals surface area contributed by atoms with E-state index in [2.05, 4.69) is 0 Å². The number of fused-ring (bicyclic) bond motifs is 1. The molecule has 2 amide bonds. The number of nitrogens with zero attached hydrogens (tertiary/aromatic N) is 1. The van der Waals surface area contributed by atoms with Gasteiger partial charge in [-0.25, -0.2) is 9.29 Å². The summed E-state index contributed by atoms with van der Waals surface area (Å²) in [5.41, 5.74) is 8.25. The Morgan fingerprint density at radius 2 is 1.65 bits per heavy atom. The first-order valence-corrected chi connectivity index (χ1v) is 5.58. The van der Waals surface area contributed by atoms with Crippen LogP contribution in [-0.4, -0.2) is 11.8 Å². The normalized spacial score (nSPS) is 13.2. The van der Waals surface area contributed by atoms with Crippen LogP contribution in [0.3, 0.4) is 0 Å². The molecule has 20 heavy (non-hydrogen) atoms. The van der Waals surface area contributed by atoms with Crippen molar-refractivity contribution in [3.63, 3.8) is 0 Å². The summed E-state index contributed by atoms with van der Waals surface area (Å²) in [5.74, 6) is -1.54. The summed E-state index contributed by atoms with van der Waals surface area (Å²) < 4.78 is 13.2. The third-order valence-electron chi connectivity index (χ3n) is 2.95. The Kier molecular flexibility index (Phi) is 4.41. The number of carbonyl (C=O) groups excluding carboxylic acids is 2. The summed E-state index contributed by atoms with van der Waals surface area (Å²) in [6, 6.07) is 9.52. The van der Waals surface area contributed by atoms with Gasteiger partial charge in [-0.15, -0.1) is 5.69 Å². The molecule has 0 bridgehead atoms. The molecule has 1 aliphatic rings. The van der Waals surface area contributed by atoms with Gasteiger partial charge >= 0.3 is 51.4 Å². The smallest absolute Gasteiger partial charge is 0.699 e. The Morgan fingerprint density at radius 1 is 0.950 bits per heavy atom. The Hall–Kier alpha value is -1.05. The zero-order chi connectivity index (χ0) is 13.6. The van der Waals surface area contributed by atoms with E-state index >= 15 is 0 Å². The first-order valence-electron chi connectivity index (χ1n) is 5.58. The molecule has 1 N–H and O–H groups in total. The minimum absolute atomic E-state index is 0. The number of rotatable bonds is 1. The van der Waals surface area contributed by atoms with Crippen molar-refractivity contribution >= 4 is 23.2 Å². The van der Waals surface area contributed by atoms with Crippen molar-refractivity contribution in [2.24, 2.45) is 0 Å². The second-order valence-electron chi connectivity index (χ2n) is 4.19. The number of anilines is 1. The van der Waals surface area contributed by atoms with Gasteiger partial charge in [-0.1, -0.05) is 18.2 Å². The van der Waals surface area contributed by atoms with E-state index in [4.69, 9.17) is 5.73 Å². The van der Waals surface area contributed by atoms with Crippen molar-refractivity contribution in [1.82, 2.24) is 0 Å². The summed E-state index contributed by atoms with van der Waals surface area (Å²) in [5, 5.41) is 0. The molecule has 0 saturated heterocycles. The maximum Gasteiger partial charge on any atom is 1.00 e. The molecule has 94 valence electrons. The topological polar surface area (TPSA) is 61.2 Å². The van der Waals surface area contributed by atoms with Crippen molar-refractivity contribution in [3.05, 3.63) is 65.1 Å². The fourth-order valence-corrected chi connectivity index (χ4v) is 2.09. The van der Waals surface area contributed by atoms with E-state index in [0.29, 0.717) is 0 Å². The third kappa shape index (κ3) is 2.45. The summed E-state index contributed by atoms with van der Waals surface area (Å²) in [7, 11) is 0. The number of hydrogen-bond acceptors (Lipinski definition) is 2. The van der Waals surface area contributed by atoms with Gasteiger partial charge in [0, 0.05) is 0 Å². The van der Waals surface area contributed by atoms with Crippen LogP contribution in [0.25, 0.3) is 5.73 Å². The van der Waals surface area contributed by atoms with E-state index in [1.807, 2.05) is 0 Å². The number of carbonyl (C=O) groups is 2. The SMILES string of the molecule is [K+].[NH-]c1ccc2c(c1)C(=O)N(c1cccc(F)c1)C2=O. The van der Waals surface area contributed by atoms with Crippen LogP contribution in [0.15, 0.2) is 42.5 Å². The molecular weight excluding hydrogens is 286 g/mol. The van der Waals surface area contributed by atoms with Crippen LogP contribution in [0.5, 0.6) is 0 Å². The van der Waals surface area contributed by atoms with Crippen molar-refractivity contribution in [1.29, 1.82) is 0 Å². The molecule has 1 heterocycles. The van der Waals surface area contributed by atoms with Crippen molar-refractivity contribution in [2.75, 3.05) is 4.90 Å². The monoisotopic (exact) mass is 294 g/mol.